The number of carbonyl (C=O) groups excluding carboxylic acids is 2. The van der Waals surface area contributed by atoms with Gasteiger partial charge in [0.15, 0.2) is 0 Å². The maximum Gasteiger partial charge on any atom is 0.243 e. The van der Waals surface area contributed by atoms with Crippen molar-refractivity contribution in [2.24, 2.45) is 5.41 Å². The topological polar surface area (TPSA) is 58.2 Å². The molecular formula is C14H19BrN2O2. The van der Waals surface area contributed by atoms with E-state index in [0.717, 1.165) is 15.7 Å². The molecule has 0 saturated heterocycles. The van der Waals surface area contributed by atoms with E-state index in [1.54, 1.807) is 20.8 Å². The van der Waals surface area contributed by atoms with Crippen LogP contribution in [0.1, 0.15) is 26.3 Å². The van der Waals surface area contributed by atoms with Gasteiger partial charge in [-0.2, -0.15) is 0 Å². The fourth-order valence-corrected chi connectivity index (χ4v) is 1.86. The molecule has 0 heterocycles. The third-order valence-corrected chi connectivity index (χ3v) is 3.05. The SMILES string of the molecule is Cc1cc(Br)ccc1NC(=O)CNC(=O)C(C)(C)C. The minimum Gasteiger partial charge on any atom is -0.347 e. The number of hydrogen-bond acceptors (Lipinski definition) is 2. The Kier molecular flexibility index (Phi) is 5.11. The number of hydrogen-bond donors (Lipinski definition) is 2. The smallest absolute Gasteiger partial charge is 0.243 e. The molecule has 0 atom stereocenters. The summed E-state index contributed by atoms with van der Waals surface area (Å²) >= 11 is 3.36. The van der Waals surface area contributed by atoms with Crippen molar-refractivity contribution in [2.45, 2.75) is 27.7 Å². The van der Waals surface area contributed by atoms with Gasteiger partial charge < -0.3 is 10.6 Å². The zero-order valence-electron chi connectivity index (χ0n) is 11.6. The van der Waals surface area contributed by atoms with Crippen molar-refractivity contribution in [1.29, 1.82) is 0 Å². The molecule has 1 aromatic carbocycles. The minimum absolute atomic E-state index is 0.0222. The molecule has 0 aromatic heterocycles. The second-order valence-electron chi connectivity index (χ2n) is 5.44. The maximum atomic E-state index is 11.7. The minimum atomic E-state index is -0.492. The summed E-state index contributed by atoms with van der Waals surface area (Å²) in [5, 5.41) is 5.38. The molecule has 0 aliphatic rings. The molecule has 0 radical (unpaired) electrons. The highest BCUT2D eigenvalue weighted by Crippen LogP contribution is 2.19. The molecule has 0 saturated carbocycles. The second-order valence-corrected chi connectivity index (χ2v) is 6.36. The van der Waals surface area contributed by atoms with Crippen molar-refractivity contribution in [3.8, 4) is 0 Å². The molecule has 2 N–H and O–H groups in total. The lowest BCUT2D eigenvalue weighted by Gasteiger charge is -2.17. The first-order valence-electron chi connectivity index (χ1n) is 6.04. The highest BCUT2D eigenvalue weighted by molar-refractivity contribution is 9.10. The normalized spacial score (nSPS) is 11.0. The first-order valence-corrected chi connectivity index (χ1v) is 6.84. The molecule has 0 spiro atoms. The van der Waals surface area contributed by atoms with Crippen LogP contribution >= 0.6 is 15.9 Å². The summed E-state index contributed by atoms with van der Waals surface area (Å²) in [5.74, 6) is -0.377. The van der Waals surface area contributed by atoms with Crippen molar-refractivity contribution in [1.82, 2.24) is 5.32 Å². The number of amides is 2. The monoisotopic (exact) mass is 326 g/mol. The van der Waals surface area contributed by atoms with E-state index in [4.69, 9.17) is 0 Å². The molecule has 104 valence electrons. The van der Waals surface area contributed by atoms with E-state index in [1.165, 1.54) is 0 Å². The average molecular weight is 327 g/mol. The number of rotatable bonds is 3. The summed E-state index contributed by atoms with van der Waals surface area (Å²) < 4.78 is 0.962. The highest BCUT2D eigenvalue weighted by Gasteiger charge is 2.21. The van der Waals surface area contributed by atoms with Gasteiger partial charge in [0.2, 0.25) is 11.8 Å². The van der Waals surface area contributed by atoms with Gasteiger partial charge in [0, 0.05) is 15.6 Å². The molecule has 0 bridgehead atoms. The Bertz CT molecular complexity index is 493. The number of halogens is 1. The van der Waals surface area contributed by atoms with Crippen LogP contribution in [0.15, 0.2) is 22.7 Å². The maximum absolute atomic E-state index is 11.7. The molecule has 0 fully saturated rings. The van der Waals surface area contributed by atoms with Crippen molar-refractivity contribution in [3.63, 3.8) is 0 Å². The van der Waals surface area contributed by atoms with Gasteiger partial charge in [-0.1, -0.05) is 36.7 Å². The molecule has 2 amide bonds. The Morgan fingerprint density at radius 1 is 1.26 bits per heavy atom. The van der Waals surface area contributed by atoms with Gasteiger partial charge in [-0.05, 0) is 30.7 Å². The number of aryl methyl sites for hydroxylation is 1. The third kappa shape index (κ3) is 5.03. The van der Waals surface area contributed by atoms with Gasteiger partial charge >= 0.3 is 0 Å². The molecular weight excluding hydrogens is 308 g/mol. The van der Waals surface area contributed by atoms with Gasteiger partial charge in [0.25, 0.3) is 0 Å². The molecule has 4 nitrogen and oxygen atoms in total. The zero-order valence-corrected chi connectivity index (χ0v) is 13.2. The van der Waals surface area contributed by atoms with Crippen LogP contribution in [0.4, 0.5) is 5.69 Å². The van der Waals surface area contributed by atoms with Crippen molar-refractivity contribution < 1.29 is 9.59 Å². The number of benzene rings is 1. The van der Waals surface area contributed by atoms with E-state index in [2.05, 4.69) is 26.6 Å². The number of nitrogens with one attached hydrogen (secondary N) is 2. The second kappa shape index (κ2) is 6.19. The quantitative estimate of drug-likeness (QED) is 0.897. The van der Waals surface area contributed by atoms with E-state index in [-0.39, 0.29) is 18.4 Å². The molecule has 0 aliphatic carbocycles. The summed E-state index contributed by atoms with van der Waals surface area (Å²) in [6.45, 7) is 7.30. The Morgan fingerprint density at radius 2 is 1.89 bits per heavy atom. The number of anilines is 1. The third-order valence-electron chi connectivity index (χ3n) is 2.55. The van der Waals surface area contributed by atoms with E-state index in [9.17, 15) is 9.59 Å². The van der Waals surface area contributed by atoms with Gasteiger partial charge in [-0.3, -0.25) is 9.59 Å². The summed E-state index contributed by atoms with van der Waals surface area (Å²) in [5.41, 5.74) is 1.22. The lowest BCUT2D eigenvalue weighted by atomic mass is 9.96. The molecule has 1 rings (SSSR count). The van der Waals surface area contributed by atoms with Gasteiger partial charge in [0.1, 0.15) is 0 Å². The van der Waals surface area contributed by atoms with Crippen LogP contribution in [0.5, 0.6) is 0 Å². The first kappa shape index (κ1) is 15.7. The van der Waals surface area contributed by atoms with E-state index in [0.29, 0.717) is 0 Å². The summed E-state index contributed by atoms with van der Waals surface area (Å²) in [4.78, 5) is 23.4. The largest absolute Gasteiger partial charge is 0.347 e. The predicted molar refractivity (Wildman–Crippen MR) is 80.0 cm³/mol. The summed E-state index contributed by atoms with van der Waals surface area (Å²) in [6, 6.07) is 5.60. The predicted octanol–water partition coefficient (Wildman–Crippen LogP) is 2.86. The lowest BCUT2D eigenvalue weighted by Crippen LogP contribution is -2.39. The Morgan fingerprint density at radius 3 is 2.42 bits per heavy atom. The molecule has 1 aromatic rings. The van der Waals surface area contributed by atoms with Crippen LogP contribution in [0.2, 0.25) is 0 Å². The van der Waals surface area contributed by atoms with Crippen LogP contribution in [0, 0.1) is 12.3 Å². The van der Waals surface area contributed by atoms with Gasteiger partial charge in [-0.15, -0.1) is 0 Å². The first-order chi connectivity index (χ1) is 8.70. The average Bonchev–Trinajstić information content (AvgIpc) is 2.28. The Balaban J connectivity index is 2.54. The van der Waals surface area contributed by atoms with Gasteiger partial charge in [0.05, 0.1) is 6.54 Å². The number of carbonyl (C=O) groups is 2. The summed E-state index contributed by atoms with van der Waals surface area (Å²) in [6.07, 6.45) is 0. The fraction of sp³-hybridized carbons (Fsp3) is 0.429. The van der Waals surface area contributed by atoms with Crippen LogP contribution < -0.4 is 10.6 Å². The van der Waals surface area contributed by atoms with Crippen molar-refractivity contribution >= 4 is 33.4 Å². The molecule has 19 heavy (non-hydrogen) atoms. The van der Waals surface area contributed by atoms with E-state index < -0.39 is 5.41 Å². The van der Waals surface area contributed by atoms with Crippen molar-refractivity contribution in [2.75, 3.05) is 11.9 Å². The van der Waals surface area contributed by atoms with Crippen LogP contribution in [0.3, 0.4) is 0 Å². The van der Waals surface area contributed by atoms with Crippen LogP contribution in [-0.2, 0) is 9.59 Å². The molecule has 0 unspecified atom stereocenters. The standard InChI is InChI=1S/C14H19BrN2O2/c1-9-7-10(15)5-6-11(9)17-12(18)8-16-13(19)14(2,3)4/h5-7H,8H2,1-4H3,(H,16,19)(H,17,18). The van der Waals surface area contributed by atoms with E-state index in [1.807, 2.05) is 25.1 Å². The summed E-state index contributed by atoms with van der Waals surface area (Å²) in [7, 11) is 0. The van der Waals surface area contributed by atoms with Gasteiger partial charge in [-0.25, -0.2) is 0 Å². The van der Waals surface area contributed by atoms with E-state index >= 15 is 0 Å². The Labute approximate surface area is 122 Å². The molecule has 5 heteroatoms. The highest BCUT2D eigenvalue weighted by atomic mass is 79.9. The van der Waals surface area contributed by atoms with Crippen molar-refractivity contribution in [3.05, 3.63) is 28.2 Å². The van der Waals surface area contributed by atoms with Crippen LogP contribution in [0.25, 0.3) is 0 Å². The fourth-order valence-electron chi connectivity index (χ4n) is 1.39. The lowest BCUT2D eigenvalue weighted by molar-refractivity contribution is -0.130. The zero-order chi connectivity index (χ0) is 14.6. The molecule has 0 aliphatic heterocycles. The van der Waals surface area contributed by atoms with Crippen LogP contribution in [-0.4, -0.2) is 18.4 Å². The Hall–Kier alpha value is -1.36.